The summed E-state index contributed by atoms with van der Waals surface area (Å²) in [7, 11) is 0. The maximum atomic E-state index is 6.53. The van der Waals surface area contributed by atoms with Crippen LogP contribution in [0.1, 0.15) is 0 Å². The third kappa shape index (κ3) is 4.28. The molecule has 0 bridgehead atoms. The van der Waals surface area contributed by atoms with E-state index in [1.165, 1.54) is 93.2 Å². The van der Waals surface area contributed by atoms with Crippen LogP contribution in [-0.2, 0) is 0 Å². The summed E-state index contributed by atoms with van der Waals surface area (Å²) in [6.07, 6.45) is 0. The van der Waals surface area contributed by atoms with Gasteiger partial charge in [-0.3, -0.25) is 0 Å². The summed E-state index contributed by atoms with van der Waals surface area (Å²) in [5, 5.41) is 10.2. The lowest BCUT2D eigenvalue weighted by Crippen LogP contribution is -1.98. The Morgan fingerprint density at radius 3 is 1.37 bits per heavy atom. The predicted molar refractivity (Wildman–Crippen MR) is 215 cm³/mol. The smallest absolute Gasteiger partial charge is 0.135 e. The van der Waals surface area contributed by atoms with Crippen molar-refractivity contribution in [2.45, 2.75) is 0 Å². The number of hydrogen-bond donors (Lipinski definition) is 0. The van der Waals surface area contributed by atoms with Gasteiger partial charge in [0.1, 0.15) is 11.5 Å². The summed E-state index contributed by atoms with van der Waals surface area (Å²) in [6, 6.07) is 66.2. The molecule has 0 amide bonds. The highest BCUT2D eigenvalue weighted by Crippen LogP contribution is 2.50. The zero-order valence-corrected chi connectivity index (χ0v) is 27.7. The van der Waals surface area contributed by atoms with Gasteiger partial charge in [-0.15, -0.1) is 0 Å². The van der Waals surface area contributed by atoms with Gasteiger partial charge in [0.2, 0.25) is 0 Å². The molecule has 1 nitrogen and oxygen atoms in total. The van der Waals surface area contributed by atoms with Crippen LogP contribution < -0.4 is 4.74 Å². The Labute approximate surface area is 296 Å². The van der Waals surface area contributed by atoms with E-state index in [1.807, 2.05) is 0 Å². The van der Waals surface area contributed by atoms with Crippen molar-refractivity contribution >= 4 is 43.1 Å². The van der Waals surface area contributed by atoms with Crippen molar-refractivity contribution in [3.63, 3.8) is 0 Å². The molecule has 0 N–H and O–H groups in total. The van der Waals surface area contributed by atoms with Crippen molar-refractivity contribution in [3.8, 4) is 67.1 Å². The molecule has 0 saturated heterocycles. The van der Waals surface area contributed by atoms with Crippen molar-refractivity contribution in [1.29, 1.82) is 0 Å². The van der Waals surface area contributed by atoms with Gasteiger partial charge in [0.25, 0.3) is 0 Å². The molecule has 0 unspecified atom stereocenters. The first-order chi connectivity index (χ1) is 25.3. The van der Waals surface area contributed by atoms with Crippen LogP contribution in [0, 0.1) is 0 Å². The van der Waals surface area contributed by atoms with E-state index >= 15 is 0 Å². The van der Waals surface area contributed by atoms with Gasteiger partial charge in [-0.2, -0.15) is 0 Å². The maximum absolute atomic E-state index is 6.53. The summed E-state index contributed by atoms with van der Waals surface area (Å²) in [4.78, 5) is 0. The number of fused-ring (bicyclic) bond motifs is 2. The van der Waals surface area contributed by atoms with Gasteiger partial charge < -0.3 is 4.74 Å². The lowest BCUT2D eigenvalue weighted by molar-refractivity contribution is 0.487. The Morgan fingerprint density at radius 2 is 0.745 bits per heavy atom. The van der Waals surface area contributed by atoms with Crippen LogP contribution in [0.5, 0.6) is 11.5 Å². The van der Waals surface area contributed by atoms with Crippen LogP contribution in [0.2, 0.25) is 0 Å². The molecule has 10 aromatic carbocycles. The molecule has 11 rings (SSSR count). The van der Waals surface area contributed by atoms with Crippen molar-refractivity contribution in [1.82, 2.24) is 0 Å². The third-order valence-corrected chi connectivity index (χ3v) is 10.9. The van der Waals surface area contributed by atoms with Gasteiger partial charge in [0.15, 0.2) is 0 Å². The number of benzene rings is 10. The van der Waals surface area contributed by atoms with Crippen molar-refractivity contribution in [2.75, 3.05) is 0 Å². The van der Waals surface area contributed by atoms with Crippen molar-refractivity contribution < 1.29 is 4.74 Å². The van der Waals surface area contributed by atoms with Gasteiger partial charge in [-0.1, -0.05) is 164 Å². The molecule has 10 aromatic rings. The van der Waals surface area contributed by atoms with Gasteiger partial charge in [-0.25, -0.2) is 0 Å². The number of rotatable bonds is 4. The second kappa shape index (κ2) is 10.9. The summed E-state index contributed by atoms with van der Waals surface area (Å²) in [6.45, 7) is 0. The Kier molecular flexibility index (Phi) is 6.02. The molecule has 0 aliphatic carbocycles. The van der Waals surface area contributed by atoms with E-state index in [2.05, 4.69) is 182 Å². The SMILES string of the molecule is c1ccc(-c2ccc3c4c(cccc24)-c2cc(-c4ccc(-c5ccc6ccc7c(-c8ccccc8)ccc8ccc5c6c87)cc4)ccc2O3)cc1. The molecule has 51 heavy (non-hydrogen) atoms. The highest BCUT2D eigenvalue weighted by atomic mass is 16.5. The maximum Gasteiger partial charge on any atom is 0.135 e. The fourth-order valence-electron chi connectivity index (χ4n) is 8.45. The van der Waals surface area contributed by atoms with E-state index in [0.29, 0.717) is 0 Å². The van der Waals surface area contributed by atoms with Crippen molar-refractivity contribution in [2.24, 2.45) is 0 Å². The van der Waals surface area contributed by atoms with Crippen LogP contribution in [0.3, 0.4) is 0 Å². The first kappa shape index (κ1) is 28.2. The molecule has 0 saturated carbocycles. The highest BCUT2D eigenvalue weighted by molar-refractivity contribution is 6.27. The molecule has 1 heteroatoms. The summed E-state index contributed by atoms with van der Waals surface area (Å²) < 4.78 is 6.53. The Hall–Kier alpha value is -6.70. The Bertz CT molecular complexity index is 2960. The summed E-state index contributed by atoms with van der Waals surface area (Å²) in [5.74, 6) is 1.81. The normalized spacial score (nSPS) is 12.1. The van der Waals surface area contributed by atoms with Gasteiger partial charge in [0, 0.05) is 10.9 Å². The molecule has 1 aliphatic rings. The van der Waals surface area contributed by atoms with Crippen LogP contribution in [0.4, 0.5) is 0 Å². The minimum Gasteiger partial charge on any atom is -0.456 e. The third-order valence-electron chi connectivity index (χ3n) is 10.9. The fraction of sp³-hybridized carbons (Fsp3) is 0. The monoisotopic (exact) mass is 646 g/mol. The van der Waals surface area contributed by atoms with Gasteiger partial charge in [0.05, 0.1) is 0 Å². The zero-order valence-electron chi connectivity index (χ0n) is 27.7. The van der Waals surface area contributed by atoms with E-state index < -0.39 is 0 Å². The average Bonchev–Trinajstić information content (AvgIpc) is 3.20. The molecule has 0 radical (unpaired) electrons. The molecule has 0 atom stereocenters. The Balaban J connectivity index is 1.00. The molecule has 0 fully saturated rings. The summed E-state index contributed by atoms with van der Waals surface area (Å²) in [5.41, 5.74) is 12.1. The van der Waals surface area contributed by atoms with E-state index in [0.717, 1.165) is 17.1 Å². The minimum absolute atomic E-state index is 0.895. The topological polar surface area (TPSA) is 9.23 Å². The molecule has 236 valence electrons. The first-order valence-corrected chi connectivity index (χ1v) is 17.6. The molecule has 0 spiro atoms. The highest BCUT2D eigenvalue weighted by Gasteiger charge is 2.22. The Morgan fingerprint density at radius 1 is 0.255 bits per heavy atom. The van der Waals surface area contributed by atoms with Gasteiger partial charge in [-0.05, 0) is 106 Å². The van der Waals surface area contributed by atoms with E-state index in [9.17, 15) is 0 Å². The molecule has 1 aliphatic heterocycles. The zero-order chi connectivity index (χ0) is 33.5. The molecule has 1 heterocycles. The predicted octanol–water partition coefficient (Wildman–Crippen LogP) is 14.2. The largest absolute Gasteiger partial charge is 0.456 e. The molecular weight excluding hydrogens is 617 g/mol. The average molecular weight is 647 g/mol. The second-order valence-electron chi connectivity index (χ2n) is 13.6. The lowest BCUT2D eigenvalue weighted by Gasteiger charge is -2.23. The van der Waals surface area contributed by atoms with E-state index in [1.54, 1.807) is 0 Å². The summed E-state index contributed by atoms with van der Waals surface area (Å²) >= 11 is 0. The van der Waals surface area contributed by atoms with Crippen molar-refractivity contribution in [3.05, 3.63) is 182 Å². The van der Waals surface area contributed by atoms with E-state index in [-0.39, 0.29) is 0 Å². The number of ether oxygens (including phenoxy) is 1. The molecule has 0 aromatic heterocycles. The van der Waals surface area contributed by atoms with Gasteiger partial charge >= 0.3 is 0 Å². The van der Waals surface area contributed by atoms with Crippen LogP contribution in [0.25, 0.3) is 98.7 Å². The quantitative estimate of drug-likeness (QED) is 0.173. The number of hydrogen-bond acceptors (Lipinski definition) is 1. The first-order valence-electron chi connectivity index (χ1n) is 17.6. The van der Waals surface area contributed by atoms with Crippen LogP contribution in [0.15, 0.2) is 182 Å². The second-order valence-corrected chi connectivity index (χ2v) is 13.6. The standard InChI is InChI=1S/C50H30O/c1-3-8-32(9-4-1)38-23-18-35-21-26-44-39(24-19-36-20-25-43(38)48(35)49(36)44)34-16-14-31(15-17-34)37-22-28-46-45(30-37)42-13-7-12-41-40(33-10-5-2-6-11-33)27-29-47(51-46)50(41)42/h1-30H. The van der Waals surface area contributed by atoms with Crippen LogP contribution >= 0.6 is 0 Å². The molecular formula is C50H30O. The fourth-order valence-corrected chi connectivity index (χ4v) is 8.45. The van der Waals surface area contributed by atoms with Crippen LogP contribution in [-0.4, -0.2) is 0 Å². The minimum atomic E-state index is 0.895. The lowest BCUT2D eigenvalue weighted by atomic mass is 9.87. The van der Waals surface area contributed by atoms with E-state index in [4.69, 9.17) is 4.74 Å².